The maximum Gasteiger partial charge on any atom is 0.333 e. The van der Waals surface area contributed by atoms with Gasteiger partial charge in [-0.05, 0) is 25.7 Å². The predicted octanol–water partition coefficient (Wildman–Crippen LogP) is 1.56. The first-order valence-corrected chi connectivity index (χ1v) is 6.63. The molecule has 1 aliphatic rings. The van der Waals surface area contributed by atoms with E-state index in [9.17, 15) is 14.9 Å². The Labute approximate surface area is 115 Å². The molecule has 1 aliphatic carbocycles. The van der Waals surface area contributed by atoms with Gasteiger partial charge in [0, 0.05) is 13.1 Å². The van der Waals surface area contributed by atoms with Crippen molar-refractivity contribution in [1.82, 2.24) is 9.78 Å². The Hall–Kier alpha value is -2.12. The summed E-state index contributed by atoms with van der Waals surface area (Å²) in [5.74, 6) is -0.809. The molecule has 1 aromatic heterocycles. The van der Waals surface area contributed by atoms with Crippen molar-refractivity contribution in [3.8, 4) is 0 Å². The second-order valence-electron chi connectivity index (χ2n) is 5.07. The molecule has 0 spiro atoms. The van der Waals surface area contributed by atoms with E-state index in [-0.39, 0.29) is 17.6 Å². The molecule has 2 rings (SSSR count). The monoisotopic (exact) mass is 282 g/mol. The van der Waals surface area contributed by atoms with Crippen molar-refractivity contribution in [1.29, 1.82) is 0 Å². The first-order chi connectivity index (χ1) is 9.43. The van der Waals surface area contributed by atoms with Gasteiger partial charge in [0.25, 0.3) is 0 Å². The van der Waals surface area contributed by atoms with E-state index in [1.165, 1.54) is 4.68 Å². The molecule has 1 fully saturated rings. The fraction of sp³-hybridized carbons (Fsp3) is 0.667. The van der Waals surface area contributed by atoms with Gasteiger partial charge in [-0.25, -0.2) is 4.68 Å². The van der Waals surface area contributed by atoms with Gasteiger partial charge in [-0.15, -0.1) is 0 Å². The number of hydrogen-bond acceptors (Lipinski definition) is 5. The van der Waals surface area contributed by atoms with Crippen molar-refractivity contribution in [2.24, 2.45) is 13.0 Å². The number of rotatable bonds is 5. The Bertz CT molecular complexity index is 540. The Kier molecular flexibility index (Phi) is 3.91. The molecule has 0 saturated heterocycles. The number of aryl methyl sites for hydroxylation is 2. The van der Waals surface area contributed by atoms with Crippen LogP contribution >= 0.6 is 0 Å². The zero-order valence-electron chi connectivity index (χ0n) is 11.5. The first-order valence-electron chi connectivity index (χ1n) is 6.63. The average Bonchev–Trinajstić information content (AvgIpc) is 2.95. The molecule has 0 bridgehead atoms. The van der Waals surface area contributed by atoms with E-state index >= 15 is 0 Å². The highest BCUT2D eigenvalue weighted by molar-refractivity contribution is 5.70. The van der Waals surface area contributed by atoms with Crippen LogP contribution in [0.3, 0.4) is 0 Å². The molecule has 0 amide bonds. The minimum absolute atomic E-state index is 0.00576. The lowest BCUT2D eigenvalue weighted by Crippen LogP contribution is -2.20. The van der Waals surface area contributed by atoms with Crippen molar-refractivity contribution < 1.29 is 14.8 Å². The number of nitrogens with zero attached hydrogens (tertiary/aromatic N) is 3. The normalized spacial score (nSPS) is 21.9. The lowest BCUT2D eigenvalue weighted by Gasteiger charge is -2.13. The van der Waals surface area contributed by atoms with Gasteiger partial charge in [0.05, 0.1) is 10.8 Å². The topological polar surface area (TPSA) is 110 Å². The van der Waals surface area contributed by atoms with Crippen LogP contribution in [0, 0.1) is 16.0 Å². The summed E-state index contributed by atoms with van der Waals surface area (Å²) in [7, 11) is 1.65. The highest BCUT2D eigenvalue weighted by atomic mass is 16.6. The second-order valence-corrected chi connectivity index (χ2v) is 5.07. The van der Waals surface area contributed by atoms with E-state index in [2.05, 4.69) is 10.4 Å². The van der Waals surface area contributed by atoms with Crippen LogP contribution in [0.1, 0.15) is 31.9 Å². The standard InChI is InChI=1S/C12H18N4O4/c1-3-9-10(16(19)20)11(15(2)14-9)13-8-5-4-7(6-8)12(17)18/h7-8,13H,3-6H2,1-2H3,(H,17,18)/t7-,8+/m1/s1. The number of aromatic nitrogens is 2. The van der Waals surface area contributed by atoms with E-state index in [1.807, 2.05) is 6.92 Å². The molecule has 0 radical (unpaired) electrons. The van der Waals surface area contributed by atoms with E-state index in [0.29, 0.717) is 37.2 Å². The Morgan fingerprint density at radius 2 is 2.30 bits per heavy atom. The van der Waals surface area contributed by atoms with Crippen LogP contribution in [0.5, 0.6) is 0 Å². The number of nitro groups is 1. The Morgan fingerprint density at radius 1 is 1.60 bits per heavy atom. The molecule has 2 atom stereocenters. The SMILES string of the molecule is CCc1nn(C)c(N[C@H]2CC[C@@H](C(=O)O)C2)c1[N+](=O)[O-]. The first kappa shape index (κ1) is 14.3. The maximum atomic E-state index is 11.2. The van der Waals surface area contributed by atoms with Crippen molar-refractivity contribution >= 4 is 17.5 Å². The van der Waals surface area contributed by atoms with Crippen LogP contribution in [0.4, 0.5) is 11.5 Å². The summed E-state index contributed by atoms with van der Waals surface area (Å²) >= 11 is 0. The van der Waals surface area contributed by atoms with Crippen LogP contribution in [0.25, 0.3) is 0 Å². The fourth-order valence-corrected chi connectivity index (χ4v) is 2.69. The van der Waals surface area contributed by atoms with E-state index in [4.69, 9.17) is 5.11 Å². The van der Waals surface area contributed by atoms with Gasteiger partial charge in [-0.3, -0.25) is 14.9 Å². The molecule has 1 aromatic rings. The summed E-state index contributed by atoms with van der Waals surface area (Å²) in [6.45, 7) is 1.81. The third kappa shape index (κ3) is 2.59. The van der Waals surface area contributed by atoms with Crippen LogP contribution < -0.4 is 5.32 Å². The van der Waals surface area contributed by atoms with Crippen LogP contribution in [-0.2, 0) is 18.3 Å². The molecule has 0 aromatic carbocycles. The van der Waals surface area contributed by atoms with E-state index in [1.54, 1.807) is 7.05 Å². The number of hydrogen-bond donors (Lipinski definition) is 2. The lowest BCUT2D eigenvalue weighted by atomic mass is 10.1. The fourth-order valence-electron chi connectivity index (χ4n) is 2.69. The van der Waals surface area contributed by atoms with Gasteiger partial charge in [0.1, 0.15) is 5.69 Å². The third-order valence-corrected chi connectivity index (χ3v) is 3.73. The smallest absolute Gasteiger partial charge is 0.333 e. The van der Waals surface area contributed by atoms with Crippen molar-refractivity contribution in [3.63, 3.8) is 0 Å². The van der Waals surface area contributed by atoms with E-state index < -0.39 is 10.9 Å². The Balaban J connectivity index is 2.20. The number of carbonyl (C=O) groups is 1. The number of nitrogens with one attached hydrogen (secondary N) is 1. The summed E-state index contributed by atoms with van der Waals surface area (Å²) in [5, 5.41) is 27.4. The van der Waals surface area contributed by atoms with Gasteiger partial charge in [-0.1, -0.05) is 6.92 Å². The van der Waals surface area contributed by atoms with E-state index in [0.717, 1.165) is 0 Å². The van der Waals surface area contributed by atoms with Gasteiger partial charge in [-0.2, -0.15) is 5.10 Å². The zero-order chi connectivity index (χ0) is 14.9. The predicted molar refractivity (Wildman–Crippen MR) is 71.6 cm³/mol. The van der Waals surface area contributed by atoms with Crippen molar-refractivity contribution in [2.45, 2.75) is 38.6 Å². The third-order valence-electron chi connectivity index (χ3n) is 3.73. The molecule has 1 heterocycles. The highest BCUT2D eigenvalue weighted by Crippen LogP contribution is 2.33. The van der Waals surface area contributed by atoms with Crippen LogP contribution in [0.2, 0.25) is 0 Å². The summed E-state index contributed by atoms with van der Waals surface area (Å²) in [6, 6.07) is -0.0603. The number of aliphatic carboxylic acids is 1. The number of carboxylic acid groups (broad SMARTS) is 1. The van der Waals surface area contributed by atoms with Crippen LogP contribution in [-0.4, -0.2) is 31.8 Å². The quantitative estimate of drug-likeness (QED) is 0.626. The summed E-state index contributed by atoms with van der Waals surface area (Å²) < 4.78 is 1.46. The van der Waals surface area contributed by atoms with Gasteiger partial charge in [0.2, 0.25) is 5.82 Å². The van der Waals surface area contributed by atoms with Crippen LogP contribution in [0.15, 0.2) is 0 Å². The second kappa shape index (κ2) is 5.48. The van der Waals surface area contributed by atoms with Gasteiger partial charge in [0.15, 0.2) is 0 Å². The van der Waals surface area contributed by atoms with Gasteiger partial charge >= 0.3 is 11.7 Å². The molecule has 2 N–H and O–H groups in total. The molecule has 0 unspecified atom stereocenters. The summed E-state index contributed by atoms with van der Waals surface area (Å²) in [4.78, 5) is 21.7. The molecule has 1 saturated carbocycles. The maximum absolute atomic E-state index is 11.2. The summed E-state index contributed by atoms with van der Waals surface area (Å²) in [5.41, 5.74) is 0.432. The molecule has 0 aliphatic heterocycles. The summed E-state index contributed by atoms with van der Waals surface area (Å²) in [6.07, 6.45) is 2.26. The molecule has 20 heavy (non-hydrogen) atoms. The molecule has 8 nitrogen and oxygen atoms in total. The minimum atomic E-state index is -0.803. The molecule has 110 valence electrons. The number of anilines is 1. The number of carboxylic acids is 1. The van der Waals surface area contributed by atoms with Crippen molar-refractivity contribution in [3.05, 3.63) is 15.8 Å². The van der Waals surface area contributed by atoms with Gasteiger partial charge < -0.3 is 10.4 Å². The average molecular weight is 282 g/mol. The molecule has 8 heteroatoms. The van der Waals surface area contributed by atoms with Crippen molar-refractivity contribution in [2.75, 3.05) is 5.32 Å². The zero-order valence-corrected chi connectivity index (χ0v) is 11.5. The molecular formula is C12H18N4O4. The molecular weight excluding hydrogens is 264 g/mol. The lowest BCUT2D eigenvalue weighted by molar-refractivity contribution is -0.384. The highest BCUT2D eigenvalue weighted by Gasteiger charge is 2.33. The Morgan fingerprint density at radius 3 is 2.80 bits per heavy atom. The largest absolute Gasteiger partial charge is 0.481 e. The minimum Gasteiger partial charge on any atom is -0.481 e.